The van der Waals surface area contributed by atoms with Gasteiger partial charge in [0.15, 0.2) is 0 Å². The fourth-order valence-electron chi connectivity index (χ4n) is 5.04. The molecular weight excluding hydrogens is 603 g/mol. The van der Waals surface area contributed by atoms with Crippen LogP contribution in [0.3, 0.4) is 0 Å². The second kappa shape index (κ2) is 21.5. The molecule has 0 amide bonds. The average Bonchev–Trinajstić information content (AvgIpc) is 3.26. The van der Waals surface area contributed by atoms with Crippen molar-refractivity contribution in [1.82, 2.24) is 9.97 Å². The Morgan fingerprint density at radius 2 is 1.27 bits per heavy atom. The smallest absolute Gasteiger partial charge is 0.748 e. The van der Waals surface area contributed by atoms with Gasteiger partial charge < -0.3 is 14.1 Å². The Balaban J connectivity index is 0.00000760. The summed E-state index contributed by atoms with van der Waals surface area (Å²) in [6.45, 7) is 5.52. The number of nitrogens with zero attached hydrogens (tertiary/aromatic N) is 1. The molecule has 0 aliphatic heterocycles. The molecule has 0 spiro atoms. The molecule has 8 nitrogen and oxygen atoms in total. The molecule has 1 heterocycles. The van der Waals surface area contributed by atoms with Crippen LogP contribution in [0, 0.1) is 0 Å². The molecule has 0 saturated heterocycles. The summed E-state index contributed by atoms with van der Waals surface area (Å²) in [7, 11) is -9.08. The largest absolute Gasteiger partial charge is 1.00 e. The van der Waals surface area contributed by atoms with Crippen molar-refractivity contribution in [3.8, 4) is 0 Å². The van der Waals surface area contributed by atoms with Crippen molar-refractivity contribution in [1.29, 1.82) is 0 Å². The third kappa shape index (κ3) is 15.2. The van der Waals surface area contributed by atoms with E-state index in [9.17, 15) is 25.9 Å². The minimum atomic E-state index is -4.69. The number of nitrogens with one attached hydrogen (secondary N) is 1. The summed E-state index contributed by atoms with van der Waals surface area (Å²) in [5.41, 5.74) is 1.44. The summed E-state index contributed by atoms with van der Waals surface area (Å²) in [5, 5.41) is -1.05. The zero-order chi connectivity index (χ0) is 28.2. The van der Waals surface area contributed by atoms with Gasteiger partial charge in [-0.1, -0.05) is 97.3 Å². The van der Waals surface area contributed by atoms with E-state index in [0.717, 1.165) is 25.7 Å². The number of fused-ring (bicyclic) bond motifs is 1. The zero-order valence-electron chi connectivity index (χ0n) is 25.3. The van der Waals surface area contributed by atoms with E-state index in [2.05, 4.69) is 16.9 Å². The first-order valence-electron chi connectivity index (χ1n) is 14.4. The second-order valence-corrected chi connectivity index (χ2v) is 13.9. The number of aromatic amines is 1. The molecule has 0 aliphatic rings. The molecule has 218 valence electrons. The van der Waals surface area contributed by atoms with Gasteiger partial charge in [0, 0.05) is 17.2 Å². The minimum absolute atomic E-state index is 0. The van der Waals surface area contributed by atoms with E-state index in [-0.39, 0.29) is 126 Å². The maximum atomic E-state index is 12.0. The van der Waals surface area contributed by atoms with E-state index in [1.54, 1.807) is 0 Å². The molecule has 1 aromatic heterocycles. The van der Waals surface area contributed by atoms with Crippen LogP contribution in [-0.2, 0) is 26.7 Å². The average molecular weight is 649 g/mol. The number of imidazole rings is 1. The van der Waals surface area contributed by atoms with E-state index in [0.29, 0.717) is 22.4 Å². The van der Waals surface area contributed by atoms with Gasteiger partial charge in [0.2, 0.25) is 0 Å². The molecule has 0 aliphatic carbocycles. The van der Waals surface area contributed by atoms with Crippen molar-refractivity contribution >= 4 is 31.3 Å². The van der Waals surface area contributed by atoms with Crippen LogP contribution >= 0.6 is 0 Å². The number of H-pyrrole nitrogens is 1. The monoisotopic (exact) mass is 648 g/mol. The number of aryl methyl sites for hydroxylation is 1. The third-order valence-corrected chi connectivity index (χ3v) is 9.60. The van der Waals surface area contributed by atoms with E-state index in [1.165, 1.54) is 83.3 Å². The summed E-state index contributed by atoms with van der Waals surface area (Å²) in [6, 6.07) is 2.85. The van der Waals surface area contributed by atoms with E-state index in [4.69, 9.17) is 0 Å². The Kier molecular flexibility index (Phi) is 22.5. The maximum Gasteiger partial charge on any atom is 1.00 e. The van der Waals surface area contributed by atoms with Gasteiger partial charge in [-0.25, -0.2) is 21.8 Å². The predicted molar refractivity (Wildman–Crippen MR) is 150 cm³/mol. The van der Waals surface area contributed by atoms with Crippen molar-refractivity contribution in [3.63, 3.8) is 0 Å². The van der Waals surface area contributed by atoms with Crippen molar-refractivity contribution in [2.45, 2.75) is 140 Å². The Bertz CT molecular complexity index is 1200. The standard InChI is InChI=1S/C28H48N2O6S2.2K/c1-4-5-6-7-8-9-10-11-12-13-14-15-16-17-22(2)27-25(38(34,35)36)20-19-24-28(27)30-26(29-24)21-18-23(3)37(31,32)33;;/h19-20,22-23H,4-18,21H2,1-3H3,(H,29,30)(H,31,32,33)(H,34,35,36);;/q;2*+1/p-2. The van der Waals surface area contributed by atoms with Gasteiger partial charge in [-0.3, -0.25) is 0 Å². The van der Waals surface area contributed by atoms with Crippen molar-refractivity contribution in [3.05, 3.63) is 23.5 Å². The number of rotatable bonds is 20. The van der Waals surface area contributed by atoms with Crippen molar-refractivity contribution in [2.24, 2.45) is 0 Å². The zero-order valence-corrected chi connectivity index (χ0v) is 33.2. The molecule has 1 N–H and O–H groups in total. The molecule has 0 saturated carbocycles. The van der Waals surface area contributed by atoms with Crippen LogP contribution < -0.4 is 103 Å². The van der Waals surface area contributed by atoms with Gasteiger partial charge in [-0.2, -0.15) is 0 Å². The molecule has 2 atom stereocenters. The van der Waals surface area contributed by atoms with Gasteiger partial charge >= 0.3 is 103 Å². The van der Waals surface area contributed by atoms with Crippen LogP contribution in [0.25, 0.3) is 11.0 Å². The summed E-state index contributed by atoms with van der Waals surface area (Å²) in [5.74, 6) is 0.285. The van der Waals surface area contributed by atoms with Gasteiger partial charge in [-0.15, -0.1) is 0 Å². The third-order valence-electron chi connectivity index (χ3n) is 7.49. The number of benzene rings is 1. The molecule has 12 heteroatoms. The van der Waals surface area contributed by atoms with Crippen LogP contribution in [0.1, 0.15) is 134 Å². The Morgan fingerprint density at radius 3 is 1.75 bits per heavy atom. The van der Waals surface area contributed by atoms with E-state index in [1.807, 2.05) is 6.92 Å². The number of unbranched alkanes of at least 4 members (excludes halogenated alkanes) is 12. The fourth-order valence-corrected chi connectivity index (χ4v) is 6.25. The van der Waals surface area contributed by atoms with Gasteiger partial charge in [0.1, 0.15) is 15.9 Å². The molecule has 1 aromatic carbocycles. The van der Waals surface area contributed by atoms with Crippen molar-refractivity contribution in [2.75, 3.05) is 0 Å². The fraction of sp³-hybridized carbons (Fsp3) is 0.750. The van der Waals surface area contributed by atoms with E-state index >= 15 is 0 Å². The topological polar surface area (TPSA) is 143 Å². The normalized spacial score (nSPS) is 13.5. The van der Waals surface area contributed by atoms with Crippen LogP contribution in [0.15, 0.2) is 17.0 Å². The maximum absolute atomic E-state index is 12.0. The van der Waals surface area contributed by atoms with Crippen LogP contribution in [0.5, 0.6) is 0 Å². The number of hydrogen-bond donors (Lipinski definition) is 1. The molecule has 40 heavy (non-hydrogen) atoms. The molecule has 2 aromatic rings. The summed E-state index contributed by atoms with van der Waals surface area (Å²) in [4.78, 5) is 7.36. The number of hydrogen-bond acceptors (Lipinski definition) is 7. The first-order chi connectivity index (χ1) is 17.9. The summed E-state index contributed by atoms with van der Waals surface area (Å²) < 4.78 is 69.7. The molecular formula is C28H46K2N2O6S2. The van der Waals surface area contributed by atoms with Gasteiger partial charge in [0.25, 0.3) is 0 Å². The Hall–Kier alpha value is 1.78. The molecule has 0 fully saturated rings. The minimum Gasteiger partial charge on any atom is -0.748 e. The molecule has 2 unspecified atom stereocenters. The first-order valence-corrected chi connectivity index (χ1v) is 17.2. The number of aromatic nitrogens is 2. The Labute approximate surface area is 327 Å². The summed E-state index contributed by atoms with van der Waals surface area (Å²) in [6.07, 6.45) is 17.3. The van der Waals surface area contributed by atoms with Gasteiger partial charge in [-0.05, 0) is 37.8 Å². The van der Waals surface area contributed by atoms with Crippen molar-refractivity contribution < 1.29 is 129 Å². The quantitative estimate of drug-likeness (QED) is 0.128. The van der Waals surface area contributed by atoms with Crippen LogP contribution in [0.2, 0.25) is 0 Å². The predicted octanol–water partition coefficient (Wildman–Crippen LogP) is 0.926. The molecule has 0 bridgehead atoms. The van der Waals surface area contributed by atoms with Crippen LogP contribution in [0.4, 0.5) is 0 Å². The van der Waals surface area contributed by atoms with Gasteiger partial charge in [0.05, 0.1) is 26.0 Å². The first kappa shape index (κ1) is 41.8. The second-order valence-electron chi connectivity index (χ2n) is 10.8. The SMILES string of the molecule is CCCCCCCCCCCCCCCC(C)c1c(S(=O)(=O)[O-])ccc2[nH]c(CCC(C)S(=O)(=O)[O-])nc12.[K+].[K+]. The van der Waals surface area contributed by atoms with Crippen LogP contribution in [-0.4, -0.2) is 41.2 Å². The molecule has 2 rings (SSSR count). The summed E-state index contributed by atoms with van der Waals surface area (Å²) >= 11 is 0. The Morgan fingerprint density at radius 1 is 0.775 bits per heavy atom. The molecule has 0 radical (unpaired) electrons. The van der Waals surface area contributed by atoms with E-state index < -0.39 is 25.5 Å².